The van der Waals surface area contributed by atoms with Crippen LogP contribution < -0.4 is 4.80 Å². The first-order chi connectivity index (χ1) is 18.5. The van der Waals surface area contributed by atoms with Crippen LogP contribution in [0.1, 0.15) is 37.7 Å². The lowest BCUT2D eigenvalue weighted by molar-refractivity contribution is 0.0369. The predicted octanol–water partition coefficient (Wildman–Crippen LogP) is 5.04. The maximum absolute atomic E-state index is 13.3. The predicted molar refractivity (Wildman–Crippen MR) is 153 cm³/mol. The summed E-state index contributed by atoms with van der Waals surface area (Å²) in [5, 5.41) is 2.14. The van der Waals surface area contributed by atoms with E-state index in [2.05, 4.69) is 46.0 Å². The van der Waals surface area contributed by atoms with E-state index < -0.39 is 10.0 Å². The molecule has 0 spiro atoms. The number of thiazole rings is 1. The molecule has 204 valence electrons. The van der Waals surface area contributed by atoms with E-state index in [1.165, 1.54) is 5.56 Å². The minimum absolute atomic E-state index is 0.377. The maximum Gasteiger partial charge on any atom is 0.243 e. The van der Waals surface area contributed by atoms with Crippen molar-refractivity contribution < 1.29 is 13.2 Å². The van der Waals surface area contributed by atoms with E-state index in [0.29, 0.717) is 18.0 Å². The minimum atomic E-state index is -3.47. The van der Waals surface area contributed by atoms with Gasteiger partial charge in [-0.2, -0.15) is 4.31 Å². The van der Waals surface area contributed by atoms with Crippen molar-refractivity contribution in [2.45, 2.75) is 50.5 Å². The Hall–Kier alpha value is -2.30. The molecule has 0 bridgehead atoms. The number of nitrogens with zero attached hydrogens (tertiary/aromatic N) is 4. The van der Waals surface area contributed by atoms with Gasteiger partial charge >= 0.3 is 0 Å². The fourth-order valence-electron chi connectivity index (χ4n) is 5.10. The van der Waals surface area contributed by atoms with E-state index in [-0.39, 0.29) is 0 Å². The van der Waals surface area contributed by atoms with Crippen LogP contribution in [0.15, 0.2) is 63.8 Å². The molecule has 2 aliphatic rings. The molecule has 5 rings (SSSR count). The van der Waals surface area contributed by atoms with Crippen LogP contribution >= 0.6 is 11.3 Å². The van der Waals surface area contributed by atoms with Gasteiger partial charge in [0.1, 0.15) is 0 Å². The summed E-state index contributed by atoms with van der Waals surface area (Å²) in [5.41, 5.74) is 4.23. The molecule has 9 heteroatoms. The van der Waals surface area contributed by atoms with Crippen LogP contribution in [-0.4, -0.2) is 68.1 Å². The van der Waals surface area contributed by atoms with Gasteiger partial charge in [0.2, 0.25) is 10.0 Å². The van der Waals surface area contributed by atoms with Crippen LogP contribution in [0, 0.1) is 6.92 Å². The van der Waals surface area contributed by atoms with E-state index in [4.69, 9.17) is 9.73 Å². The van der Waals surface area contributed by atoms with Crippen LogP contribution in [-0.2, 0) is 21.3 Å². The number of ether oxygens (including phenoxy) is 1. The third-order valence-electron chi connectivity index (χ3n) is 7.37. The SMILES string of the molecule is Cc1ccc(N=c2scc(-c3ccc(S(=O)(=O)N4CCCCCC4)cc3)n2CCCN2CCOCC2)cc1. The van der Waals surface area contributed by atoms with Gasteiger partial charge in [0, 0.05) is 44.6 Å². The summed E-state index contributed by atoms with van der Waals surface area (Å²) in [4.78, 5) is 8.75. The lowest BCUT2D eigenvalue weighted by Gasteiger charge is -2.26. The maximum atomic E-state index is 13.3. The summed E-state index contributed by atoms with van der Waals surface area (Å²) >= 11 is 1.63. The molecule has 2 aromatic carbocycles. The Bertz CT molecular complexity index is 1350. The summed E-state index contributed by atoms with van der Waals surface area (Å²) in [7, 11) is -3.47. The number of aryl methyl sites for hydroxylation is 1. The quantitative estimate of drug-likeness (QED) is 0.391. The Morgan fingerprint density at radius 2 is 1.55 bits per heavy atom. The molecule has 2 aliphatic heterocycles. The van der Waals surface area contributed by atoms with Crippen molar-refractivity contribution in [3.63, 3.8) is 0 Å². The highest BCUT2D eigenvalue weighted by molar-refractivity contribution is 7.89. The summed E-state index contributed by atoms with van der Waals surface area (Å²) in [6.07, 6.45) is 5.08. The molecule has 0 saturated carbocycles. The number of morpholine rings is 1. The van der Waals surface area contributed by atoms with Gasteiger partial charge in [-0.25, -0.2) is 13.4 Å². The molecule has 0 aliphatic carbocycles. The number of benzene rings is 2. The Morgan fingerprint density at radius 3 is 2.24 bits per heavy atom. The first kappa shape index (κ1) is 27.3. The van der Waals surface area contributed by atoms with Crippen molar-refractivity contribution in [2.24, 2.45) is 4.99 Å². The molecule has 3 heterocycles. The van der Waals surface area contributed by atoms with Crippen molar-refractivity contribution in [1.82, 2.24) is 13.8 Å². The number of aromatic nitrogens is 1. The second kappa shape index (κ2) is 12.7. The van der Waals surface area contributed by atoms with E-state index in [9.17, 15) is 8.42 Å². The van der Waals surface area contributed by atoms with Crippen molar-refractivity contribution in [1.29, 1.82) is 0 Å². The summed E-state index contributed by atoms with van der Waals surface area (Å²) in [6.45, 7) is 8.73. The molecule has 7 nitrogen and oxygen atoms in total. The number of hydrogen-bond acceptors (Lipinski definition) is 6. The zero-order chi connectivity index (χ0) is 26.4. The molecular formula is C29H38N4O3S2. The average Bonchev–Trinajstić information content (AvgIpc) is 3.12. The second-order valence-electron chi connectivity index (χ2n) is 10.2. The first-order valence-electron chi connectivity index (χ1n) is 13.7. The van der Waals surface area contributed by atoms with Crippen LogP contribution in [0.3, 0.4) is 0 Å². The topological polar surface area (TPSA) is 67.1 Å². The Kier molecular flexibility index (Phi) is 9.12. The standard InChI is InChI=1S/C29H38N4O3S2/c1-24-7-11-26(12-8-24)30-29-33(18-6-15-31-19-21-36-22-20-31)28(23-37-29)25-9-13-27(14-10-25)38(34,35)32-16-4-2-3-5-17-32/h7-14,23H,2-6,15-22H2,1H3. The Balaban J connectivity index is 1.41. The van der Waals surface area contributed by atoms with Crippen molar-refractivity contribution in [3.05, 3.63) is 64.3 Å². The van der Waals surface area contributed by atoms with Crippen molar-refractivity contribution in [2.75, 3.05) is 45.9 Å². The van der Waals surface area contributed by atoms with Gasteiger partial charge in [-0.1, -0.05) is 42.7 Å². The van der Waals surface area contributed by atoms with Gasteiger partial charge in [0.05, 0.1) is 29.5 Å². The van der Waals surface area contributed by atoms with Crippen LogP contribution in [0.25, 0.3) is 11.3 Å². The van der Waals surface area contributed by atoms with Crippen molar-refractivity contribution in [3.8, 4) is 11.3 Å². The van der Waals surface area contributed by atoms with Crippen LogP contribution in [0.4, 0.5) is 5.69 Å². The molecule has 0 unspecified atom stereocenters. The van der Waals surface area contributed by atoms with Gasteiger partial charge < -0.3 is 9.30 Å². The number of sulfonamides is 1. The Morgan fingerprint density at radius 1 is 0.868 bits per heavy atom. The lowest BCUT2D eigenvalue weighted by Crippen LogP contribution is -2.37. The van der Waals surface area contributed by atoms with E-state index in [1.54, 1.807) is 27.8 Å². The fraction of sp³-hybridized carbons (Fsp3) is 0.483. The monoisotopic (exact) mass is 554 g/mol. The lowest BCUT2D eigenvalue weighted by atomic mass is 10.1. The molecule has 0 radical (unpaired) electrons. The molecule has 0 atom stereocenters. The van der Waals surface area contributed by atoms with Gasteiger partial charge in [-0.05, 0) is 56.0 Å². The van der Waals surface area contributed by atoms with Crippen LogP contribution in [0.5, 0.6) is 0 Å². The van der Waals surface area contributed by atoms with Gasteiger partial charge in [-0.15, -0.1) is 11.3 Å². The Labute approximate surface area is 230 Å². The molecule has 0 amide bonds. The normalized spacial score (nSPS) is 18.5. The van der Waals surface area contributed by atoms with Crippen molar-refractivity contribution >= 4 is 27.0 Å². The third-order valence-corrected chi connectivity index (χ3v) is 10.1. The van der Waals surface area contributed by atoms with Gasteiger partial charge in [-0.3, -0.25) is 4.90 Å². The third kappa shape index (κ3) is 6.63. The number of rotatable bonds is 8. The van der Waals surface area contributed by atoms with E-state index in [1.807, 2.05) is 12.1 Å². The van der Waals surface area contributed by atoms with Crippen LogP contribution in [0.2, 0.25) is 0 Å². The van der Waals surface area contributed by atoms with Gasteiger partial charge in [0.15, 0.2) is 4.80 Å². The molecule has 2 saturated heterocycles. The minimum Gasteiger partial charge on any atom is -0.379 e. The first-order valence-corrected chi connectivity index (χ1v) is 16.0. The highest BCUT2D eigenvalue weighted by Crippen LogP contribution is 2.26. The fourth-order valence-corrected chi connectivity index (χ4v) is 7.57. The smallest absolute Gasteiger partial charge is 0.243 e. The molecule has 1 aromatic heterocycles. The van der Waals surface area contributed by atoms with E-state index in [0.717, 1.165) is 93.2 Å². The molecular weight excluding hydrogens is 516 g/mol. The molecule has 0 N–H and O–H groups in total. The number of hydrogen-bond donors (Lipinski definition) is 0. The highest BCUT2D eigenvalue weighted by atomic mass is 32.2. The zero-order valence-electron chi connectivity index (χ0n) is 22.2. The zero-order valence-corrected chi connectivity index (χ0v) is 23.9. The summed E-state index contributed by atoms with van der Waals surface area (Å²) in [5.74, 6) is 0. The molecule has 3 aromatic rings. The summed E-state index contributed by atoms with van der Waals surface area (Å²) < 4.78 is 36.0. The second-order valence-corrected chi connectivity index (χ2v) is 12.9. The van der Waals surface area contributed by atoms with E-state index >= 15 is 0 Å². The highest BCUT2D eigenvalue weighted by Gasteiger charge is 2.25. The average molecular weight is 555 g/mol. The molecule has 2 fully saturated rings. The molecule has 38 heavy (non-hydrogen) atoms. The van der Waals surface area contributed by atoms with Gasteiger partial charge in [0.25, 0.3) is 0 Å². The summed E-state index contributed by atoms with van der Waals surface area (Å²) in [6, 6.07) is 15.7. The largest absolute Gasteiger partial charge is 0.379 e.